The standard InChI is InChI=1S/C9H11NO2/c10-12-9(11)7-6-8-4-2-1-3-5-8/h1-5H,6-7,10H2. The Morgan fingerprint density at radius 1 is 1.33 bits per heavy atom. The van der Waals surface area contributed by atoms with Crippen LogP contribution >= 0.6 is 0 Å². The minimum Gasteiger partial charge on any atom is -0.373 e. The first-order valence-electron chi connectivity index (χ1n) is 3.76. The van der Waals surface area contributed by atoms with Crippen LogP contribution in [-0.4, -0.2) is 5.97 Å². The van der Waals surface area contributed by atoms with Gasteiger partial charge >= 0.3 is 5.97 Å². The molecule has 1 rings (SSSR count). The maximum atomic E-state index is 10.6. The number of rotatable bonds is 3. The molecule has 0 atom stereocenters. The summed E-state index contributed by atoms with van der Waals surface area (Å²) < 4.78 is 0. The van der Waals surface area contributed by atoms with Crippen molar-refractivity contribution >= 4 is 5.97 Å². The Balaban J connectivity index is 2.38. The highest BCUT2D eigenvalue weighted by Crippen LogP contribution is 2.02. The van der Waals surface area contributed by atoms with Gasteiger partial charge in [-0.05, 0) is 12.0 Å². The summed E-state index contributed by atoms with van der Waals surface area (Å²) in [6, 6.07) is 9.73. The third-order valence-corrected chi connectivity index (χ3v) is 1.59. The predicted octanol–water partition coefficient (Wildman–Crippen LogP) is 1.04. The molecule has 0 aliphatic rings. The van der Waals surface area contributed by atoms with Crippen LogP contribution < -0.4 is 5.90 Å². The molecule has 0 heterocycles. The zero-order valence-electron chi connectivity index (χ0n) is 6.69. The molecule has 1 aromatic carbocycles. The third-order valence-electron chi connectivity index (χ3n) is 1.59. The fraction of sp³-hybridized carbons (Fsp3) is 0.222. The molecule has 0 saturated heterocycles. The van der Waals surface area contributed by atoms with Crippen LogP contribution in [0.5, 0.6) is 0 Å². The average Bonchev–Trinajstić information content (AvgIpc) is 2.16. The molecule has 0 amide bonds. The SMILES string of the molecule is NOC(=O)CCc1ccccc1. The maximum Gasteiger partial charge on any atom is 0.324 e. The Labute approximate surface area is 71.1 Å². The van der Waals surface area contributed by atoms with Gasteiger partial charge in [-0.1, -0.05) is 30.3 Å². The van der Waals surface area contributed by atoms with Crippen molar-refractivity contribution in [3.05, 3.63) is 35.9 Å². The second-order valence-electron chi connectivity index (χ2n) is 2.48. The van der Waals surface area contributed by atoms with Crippen LogP contribution in [0.3, 0.4) is 0 Å². The van der Waals surface area contributed by atoms with Crippen LogP contribution in [0, 0.1) is 0 Å². The van der Waals surface area contributed by atoms with E-state index in [1.165, 1.54) is 0 Å². The first kappa shape index (κ1) is 8.74. The van der Waals surface area contributed by atoms with Gasteiger partial charge in [0.05, 0.1) is 6.42 Å². The van der Waals surface area contributed by atoms with E-state index in [-0.39, 0.29) is 5.97 Å². The quantitative estimate of drug-likeness (QED) is 0.681. The molecule has 0 fully saturated rings. The highest BCUT2D eigenvalue weighted by Gasteiger charge is 2.00. The van der Waals surface area contributed by atoms with Gasteiger partial charge in [-0.3, -0.25) is 4.79 Å². The Kier molecular flexibility index (Phi) is 3.29. The van der Waals surface area contributed by atoms with Gasteiger partial charge in [-0.25, -0.2) is 0 Å². The smallest absolute Gasteiger partial charge is 0.324 e. The minimum absolute atomic E-state index is 0.334. The van der Waals surface area contributed by atoms with Crippen molar-refractivity contribution < 1.29 is 9.63 Å². The molecule has 64 valence electrons. The predicted molar refractivity (Wildman–Crippen MR) is 45.0 cm³/mol. The lowest BCUT2D eigenvalue weighted by Crippen LogP contribution is -2.10. The summed E-state index contributed by atoms with van der Waals surface area (Å²) in [5.41, 5.74) is 1.11. The zero-order chi connectivity index (χ0) is 8.81. The van der Waals surface area contributed by atoms with Crippen molar-refractivity contribution in [2.75, 3.05) is 0 Å². The molecular formula is C9H11NO2. The van der Waals surface area contributed by atoms with E-state index in [1.54, 1.807) is 0 Å². The lowest BCUT2D eigenvalue weighted by atomic mass is 10.1. The summed E-state index contributed by atoms with van der Waals surface area (Å²) in [6.07, 6.45) is 1.01. The highest BCUT2D eigenvalue weighted by molar-refractivity contribution is 5.69. The Hall–Kier alpha value is -1.35. The second-order valence-corrected chi connectivity index (χ2v) is 2.48. The fourth-order valence-electron chi connectivity index (χ4n) is 0.950. The molecule has 0 radical (unpaired) electrons. The first-order chi connectivity index (χ1) is 5.83. The summed E-state index contributed by atoms with van der Waals surface area (Å²) in [7, 11) is 0. The topological polar surface area (TPSA) is 52.3 Å². The number of hydrogen-bond donors (Lipinski definition) is 1. The van der Waals surface area contributed by atoms with Gasteiger partial charge in [0.1, 0.15) is 0 Å². The van der Waals surface area contributed by atoms with Gasteiger partial charge in [0.25, 0.3) is 0 Å². The normalized spacial score (nSPS) is 9.42. The van der Waals surface area contributed by atoms with E-state index in [4.69, 9.17) is 0 Å². The fourth-order valence-corrected chi connectivity index (χ4v) is 0.950. The van der Waals surface area contributed by atoms with Gasteiger partial charge in [0.2, 0.25) is 0 Å². The average molecular weight is 165 g/mol. The van der Waals surface area contributed by atoms with Crippen molar-refractivity contribution in [1.82, 2.24) is 0 Å². The maximum absolute atomic E-state index is 10.6. The molecule has 12 heavy (non-hydrogen) atoms. The third kappa shape index (κ3) is 2.72. The number of nitrogens with two attached hydrogens (primary N) is 1. The molecule has 0 aliphatic carbocycles. The van der Waals surface area contributed by atoms with E-state index in [9.17, 15) is 4.79 Å². The molecule has 0 saturated carbocycles. The van der Waals surface area contributed by atoms with Gasteiger partial charge in [0, 0.05) is 0 Å². The molecule has 1 aromatic rings. The van der Waals surface area contributed by atoms with Crippen LogP contribution in [0.4, 0.5) is 0 Å². The molecule has 0 aromatic heterocycles. The van der Waals surface area contributed by atoms with E-state index in [2.05, 4.69) is 10.7 Å². The van der Waals surface area contributed by atoms with Crippen molar-refractivity contribution in [3.8, 4) is 0 Å². The number of aryl methyl sites for hydroxylation is 1. The van der Waals surface area contributed by atoms with E-state index in [1.807, 2.05) is 30.3 Å². The van der Waals surface area contributed by atoms with Gasteiger partial charge in [-0.15, -0.1) is 0 Å². The lowest BCUT2D eigenvalue weighted by molar-refractivity contribution is -0.144. The summed E-state index contributed by atoms with van der Waals surface area (Å²) in [5.74, 6) is 4.31. The number of carbonyl (C=O) groups is 1. The van der Waals surface area contributed by atoms with Gasteiger partial charge in [0.15, 0.2) is 0 Å². The molecule has 2 N–H and O–H groups in total. The molecule has 0 unspecified atom stereocenters. The van der Waals surface area contributed by atoms with Crippen molar-refractivity contribution in [2.24, 2.45) is 5.90 Å². The van der Waals surface area contributed by atoms with Crippen LogP contribution in [0.1, 0.15) is 12.0 Å². The van der Waals surface area contributed by atoms with E-state index < -0.39 is 0 Å². The van der Waals surface area contributed by atoms with Gasteiger partial charge in [-0.2, -0.15) is 5.90 Å². The molecule has 3 nitrogen and oxygen atoms in total. The highest BCUT2D eigenvalue weighted by atomic mass is 16.7. The van der Waals surface area contributed by atoms with Crippen molar-refractivity contribution in [2.45, 2.75) is 12.8 Å². The molecule has 3 heteroatoms. The summed E-state index contributed by atoms with van der Waals surface area (Å²) in [6.45, 7) is 0. The molecule has 0 aliphatic heterocycles. The van der Waals surface area contributed by atoms with Crippen LogP contribution in [0.25, 0.3) is 0 Å². The Morgan fingerprint density at radius 3 is 2.58 bits per heavy atom. The van der Waals surface area contributed by atoms with E-state index in [0.29, 0.717) is 12.8 Å². The molecule has 0 bridgehead atoms. The monoisotopic (exact) mass is 165 g/mol. The Bertz CT molecular complexity index is 246. The second kappa shape index (κ2) is 4.51. The van der Waals surface area contributed by atoms with Crippen LogP contribution in [0.15, 0.2) is 30.3 Å². The number of benzene rings is 1. The van der Waals surface area contributed by atoms with E-state index >= 15 is 0 Å². The van der Waals surface area contributed by atoms with Crippen LogP contribution in [-0.2, 0) is 16.1 Å². The minimum atomic E-state index is -0.376. The van der Waals surface area contributed by atoms with Gasteiger partial charge < -0.3 is 4.84 Å². The lowest BCUT2D eigenvalue weighted by Gasteiger charge is -1.98. The number of hydrogen-bond acceptors (Lipinski definition) is 3. The Morgan fingerprint density at radius 2 is 2.00 bits per heavy atom. The van der Waals surface area contributed by atoms with Crippen molar-refractivity contribution in [1.29, 1.82) is 0 Å². The molecular weight excluding hydrogens is 154 g/mol. The summed E-state index contributed by atoms with van der Waals surface area (Å²) in [4.78, 5) is 14.7. The molecule has 0 spiro atoms. The summed E-state index contributed by atoms with van der Waals surface area (Å²) in [5, 5.41) is 0. The van der Waals surface area contributed by atoms with Crippen LogP contribution in [0.2, 0.25) is 0 Å². The van der Waals surface area contributed by atoms with E-state index in [0.717, 1.165) is 5.56 Å². The largest absolute Gasteiger partial charge is 0.373 e. The number of carbonyl (C=O) groups excluding carboxylic acids is 1. The first-order valence-corrected chi connectivity index (χ1v) is 3.76. The van der Waals surface area contributed by atoms with Crippen molar-refractivity contribution in [3.63, 3.8) is 0 Å². The zero-order valence-corrected chi connectivity index (χ0v) is 6.69. The summed E-state index contributed by atoms with van der Waals surface area (Å²) >= 11 is 0.